The van der Waals surface area contributed by atoms with E-state index < -0.39 is 5.54 Å². The normalized spacial score (nSPS) is 25.2. The maximum Gasteiger partial charge on any atom is 0.223 e. The van der Waals surface area contributed by atoms with Gasteiger partial charge in [0.25, 0.3) is 0 Å². The van der Waals surface area contributed by atoms with E-state index in [9.17, 15) is 9.59 Å². The molecule has 3 heteroatoms. The van der Waals surface area contributed by atoms with Gasteiger partial charge in [0.2, 0.25) is 5.91 Å². The molecule has 0 aromatic rings. The minimum Gasteiger partial charge on any atom is -0.331 e. The second kappa shape index (κ2) is 5.41. The number of ketones is 1. The van der Waals surface area contributed by atoms with Gasteiger partial charge >= 0.3 is 0 Å². The third-order valence-corrected chi connectivity index (χ3v) is 4.63. The standard InChI is InChI=1S/C15H25NO2/c1-15(2)13(17)9-6-10-16(15)14(18)11-12-7-4-3-5-8-12/h12H,3-11H2,1-2H3. The Balaban J connectivity index is 1.96. The Morgan fingerprint density at radius 3 is 2.56 bits per heavy atom. The molecule has 0 bridgehead atoms. The van der Waals surface area contributed by atoms with Crippen molar-refractivity contribution in [2.75, 3.05) is 6.54 Å². The van der Waals surface area contributed by atoms with Crippen LogP contribution in [0.2, 0.25) is 0 Å². The maximum absolute atomic E-state index is 12.4. The van der Waals surface area contributed by atoms with Crippen LogP contribution in [0.1, 0.15) is 65.2 Å². The van der Waals surface area contributed by atoms with Gasteiger partial charge in [0.05, 0.1) is 5.54 Å². The molecule has 0 aromatic heterocycles. The van der Waals surface area contributed by atoms with E-state index in [-0.39, 0.29) is 11.7 Å². The highest BCUT2D eigenvalue weighted by Crippen LogP contribution is 2.30. The molecule has 0 unspecified atom stereocenters. The van der Waals surface area contributed by atoms with Gasteiger partial charge in [0.15, 0.2) is 5.78 Å². The number of nitrogens with zero attached hydrogens (tertiary/aromatic N) is 1. The highest BCUT2D eigenvalue weighted by molar-refractivity contribution is 5.93. The average molecular weight is 251 g/mol. The van der Waals surface area contributed by atoms with Gasteiger partial charge in [-0.2, -0.15) is 0 Å². The summed E-state index contributed by atoms with van der Waals surface area (Å²) in [5.41, 5.74) is -0.579. The largest absolute Gasteiger partial charge is 0.331 e. The third kappa shape index (κ3) is 2.76. The number of amides is 1. The SMILES string of the molecule is CC1(C)C(=O)CCCN1C(=O)CC1CCCCC1. The predicted molar refractivity (Wildman–Crippen MR) is 71.2 cm³/mol. The molecule has 0 aromatic carbocycles. The van der Waals surface area contributed by atoms with Gasteiger partial charge in [-0.1, -0.05) is 19.3 Å². The number of hydrogen-bond acceptors (Lipinski definition) is 2. The van der Waals surface area contributed by atoms with Crippen LogP contribution in [-0.2, 0) is 9.59 Å². The number of piperidine rings is 1. The van der Waals surface area contributed by atoms with Gasteiger partial charge in [-0.25, -0.2) is 0 Å². The number of likely N-dealkylation sites (tertiary alicyclic amines) is 1. The van der Waals surface area contributed by atoms with Crippen LogP contribution >= 0.6 is 0 Å². The number of hydrogen-bond donors (Lipinski definition) is 0. The highest BCUT2D eigenvalue weighted by Gasteiger charge is 2.40. The van der Waals surface area contributed by atoms with Gasteiger partial charge in [0.1, 0.15) is 0 Å². The fourth-order valence-corrected chi connectivity index (χ4v) is 3.32. The number of carbonyl (C=O) groups excluding carboxylic acids is 2. The molecule has 0 N–H and O–H groups in total. The quantitative estimate of drug-likeness (QED) is 0.756. The first-order valence-corrected chi connectivity index (χ1v) is 7.35. The second-order valence-corrected chi connectivity index (χ2v) is 6.34. The molecule has 1 aliphatic heterocycles. The molecular formula is C15H25NO2. The Hall–Kier alpha value is -0.860. The Morgan fingerprint density at radius 1 is 1.22 bits per heavy atom. The lowest BCUT2D eigenvalue weighted by atomic mass is 9.84. The van der Waals surface area contributed by atoms with Crippen LogP contribution in [0.25, 0.3) is 0 Å². The van der Waals surface area contributed by atoms with Gasteiger partial charge in [-0.15, -0.1) is 0 Å². The van der Waals surface area contributed by atoms with Crippen LogP contribution in [0.3, 0.4) is 0 Å². The summed E-state index contributed by atoms with van der Waals surface area (Å²) in [6.07, 6.45) is 8.33. The fraction of sp³-hybridized carbons (Fsp3) is 0.867. The lowest BCUT2D eigenvalue weighted by Crippen LogP contribution is -2.56. The Labute approximate surface area is 110 Å². The summed E-state index contributed by atoms with van der Waals surface area (Å²) in [5.74, 6) is 0.963. The molecule has 2 fully saturated rings. The van der Waals surface area contributed by atoms with E-state index in [1.807, 2.05) is 18.7 Å². The van der Waals surface area contributed by atoms with Crippen molar-refractivity contribution in [1.82, 2.24) is 4.90 Å². The summed E-state index contributed by atoms with van der Waals surface area (Å²) < 4.78 is 0. The van der Waals surface area contributed by atoms with Crippen LogP contribution < -0.4 is 0 Å². The first-order valence-electron chi connectivity index (χ1n) is 7.35. The second-order valence-electron chi connectivity index (χ2n) is 6.34. The lowest BCUT2D eigenvalue weighted by molar-refractivity contribution is -0.149. The summed E-state index contributed by atoms with van der Waals surface area (Å²) in [6, 6.07) is 0. The Kier molecular flexibility index (Phi) is 4.08. The van der Waals surface area contributed by atoms with Crippen molar-refractivity contribution in [2.24, 2.45) is 5.92 Å². The molecule has 2 rings (SSSR count). The molecule has 1 saturated heterocycles. The molecule has 1 aliphatic carbocycles. The average Bonchev–Trinajstić information content (AvgIpc) is 2.33. The van der Waals surface area contributed by atoms with Crippen molar-refractivity contribution in [2.45, 2.75) is 70.8 Å². The number of Topliss-reactive ketones (excluding diaryl/α,β-unsaturated/α-hetero) is 1. The first kappa shape index (κ1) is 13.6. The summed E-state index contributed by atoms with van der Waals surface area (Å²) in [5, 5.41) is 0. The minimum absolute atomic E-state index is 0.194. The Morgan fingerprint density at radius 2 is 1.89 bits per heavy atom. The van der Waals surface area contributed by atoms with E-state index in [0.29, 0.717) is 18.8 Å². The topological polar surface area (TPSA) is 37.4 Å². The van der Waals surface area contributed by atoms with Crippen LogP contribution in [0.4, 0.5) is 0 Å². The van der Waals surface area contributed by atoms with E-state index in [0.717, 1.165) is 13.0 Å². The van der Waals surface area contributed by atoms with Crippen molar-refractivity contribution in [1.29, 1.82) is 0 Å². The Bertz CT molecular complexity index is 329. The van der Waals surface area contributed by atoms with Crippen LogP contribution in [0, 0.1) is 5.92 Å². The molecule has 1 saturated carbocycles. The molecule has 2 aliphatic rings. The zero-order chi connectivity index (χ0) is 13.2. The lowest BCUT2D eigenvalue weighted by Gasteiger charge is -2.41. The number of rotatable bonds is 2. The summed E-state index contributed by atoms with van der Waals surface area (Å²) in [6.45, 7) is 4.55. The highest BCUT2D eigenvalue weighted by atomic mass is 16.2. The molecule has 1 heterocycles. The van der Waals surface area contributed by atoms with E-state index in [1.165, 1.54) is 32.1 Å². The van der Waals surface area contributed by atoms with Crippen LogP contribution in [0.5, 0.6) is 0 Å². The fourth-order valence-electron chi connectivity index (χ4n) is 3.32. The zero-order valence-corrected chi connectivity index (χ0v) is 11.7. The molecular weight excluding hydrogens is 226 g/mol. The van der Waals surface area contributed by atoms with Gasteiger partial charge < -0.3 is 4.90 Å². The van der Waals surface area contributed by atoms with Gasteiger partial charge in [0, 0.05) is 19.4 Å². The summed E-state index contributed by atoms with van der Waals surface area (Å²) in [4.78, 5) is 26.2. The van der Waals surface area contributed by atoms with Gasteiger partial charge in [-0.05, 0) is 39.0 Å². The molecule has 102 valence electrons. The molecule has 0 radical (unpaired) electrons. The smallest absolute Gasteiger partial charge is 0.223 e. The summed E-state index contributed by atoms with van der Waals surface area (Å²) >= 11 is 0. The van der Waals surface area contributed by atoms with Crippen LogP contribution in [0.15, 0.2) is 0 Å². The minimum atomic E-state index is -0.579. The van der Waals surface area contributed by atoms with Crippen molar-refractivity contribution < 1.29 is 9.59 Å². The predicted octanol–water partition coefficient (Wildman–Crippen LogP) is 2.93. The van der Waals surface area contributed by atoms with E-state index in [1.54, 1.807) is 0 Å². The van der Waals surface area contributed by atoms with Crippen LogP contribution in [-0.4, -0.2) is 28.7 Å². The molecule has 3 nitrogen and oxygen atoms in total. The monoisotopic (exact) mass is 251 g/mol. The van der Waals surface area contributed by atoms with Crippen molar-refractivity contribution in [3.63, 3.8) is 0 Å². The number of carbonyl (C=O) groups is 2. The van der Waals surface area contributed by atoms with Crippen molar-refractivity contribution in [3.05, 3.63) is 0 Å². The third-order valence-electron chi connectivity index (χ3n) is 4.63. The molecule has 1 amide bonds. The van der Waals surface area contributed by atoms with Crippen molar-refractivity contribution >= 4 is 11.7 Å². The van der Waals surface area contributed by atoms with E-state index in [4.69, 9.17) is 0 Å². The van der Waals surface area contributed by atoms with Gasteiger partial charge in [-0.3, -0.25) is 9.59 Å². The first-order chi connectivity index (χ1) is 8.51. The molecule has 0 atom stereocenters. The molecule has 18 heavy (non-hydrogen) atoms. The van der Waals surface area contributed by atoms with E-state index in [2.05, 4.69) is 0 Å². The summed E-state index contributed by atoms with van der Waals surface area (Å²) in [7, 11) is 0. The van der Waals surface area contributed by atoms with E-state index >= 15 is 0 Å². The maximum atomic E-state index is 12.4. The van der Waals surface area contributed by atoms with Crippen molar-refractivity contribution in [3.8, 4) is 0 Å². The zero-order valence-electron chi connectivity index (χ0n) is 11.7. The molecule has 0 spiro atoms.